The molecule has 4 bridgehead atoms. The topological polar surface area (TPSA) is 58.7 Å². The van der Waals surface area contributed by atoms with Gasteiger partial charge in [-0.05, 0) is 68.1 Å². The van der Waals surface area contributed by atoms with E-state index in [2.05, 4.69) is 11.0 Å². The normalized spacial score (nSPS) is 42.1. The highest BCUT2D eigenvalue weighted by molar-refractivity contribution is 5.66. The lowest BCUT2D eigenvalue weighted by molar-refractivity contribution is -0.134. The summed E-state index contributed by atoms with van der Waals surface area (Å²) in [6, 6.07) is 6.54. The third-order valence-corrected chi connectivity index (χ3v) is 6.43. The molecule has 1 aromatic rings. The van der Waals surface area contributed by atoms with E-state index in [9.17, 15) is 5.11 Å². The van der Waals surface area contributed by atoms with Gasteiger partial charge in [0.1, 0.15) is 12.4 Å². The quantitative estimate of drug-likeness (QED) is 0.782. The molecule has 5 aliphatic rings. The van der Waals surface area contributed by atoms with Crippen molar-refractivity contribution in [2.75, 3.05) is 23.8 Å². The third kappa shape index (κ3) is 1.79. The van der Waals surface area contributed by atoms with E-state index in [4.69, 9.17) is 10.5 Å². The number of rotatable bonds is 1. The number of nitrogen functional groups attached to an aromatic ring is 1. The lowest BCUT2D eigenvalue weighted by Gasteiger charge is -2.61. The highest BCUT2D eigenvalue weighted by Gasteiger charge is 2.56. The Kier molecular flexibility index (Phi) is 2.56. The van der Waals surface area contributed by atoms with Crippen LogP contribution < -0.4 is 15.4 Å². The first kappa shape index (κ1) is 13.1. The van der Waals surface area contributed by atoms with E-state index in [1.54, 1.807) is 0 Å². The zero-order chi connectivity index (χ0) is 14.9. The average molecular weight is 300 g/mol. The van der Waals surface area contributed by atoms with Gasteiger partial charge in [-0.15, -0.1) is 0 Å². The van der Waals surface area contributed by atoms with Crippen molar-refractivity contribution >= 4 is 11.4 Å². The van der Waals surface area contributed by atoms with E-state index in [1.807, 2.05) is 12.1 Å². The Balaban J connectivity index is 1.53. The number of nitrogens with zero attached hydrogens (tertiary/aromatic N) is 1. The molecule has 0 aromatic heterocycles. The largest absolute Gasteiger partial charge is 0.490 e. The van der Waals surface area contributed by atoms with Crippen LogP contribution in [0.5, 0.6) is 5.75 Å². The minimum absolute atomic E-state index is 0.363. The fraction of sp³-hybridized carbons (Fsp3) is 0.667. The molecule has 4 heteroatoms. The molecule has 3 N–H and O–H groups in total. The van der Waals surface area contributed by atoms with E-state index in [0.717, 1.165) is 55.5 Å². The van der Waals surface area contributed by atoms with Crippen molar-refractivity contribution in [1.29, 1.82) is 0 Å². The predicted molar refractivity (Wildman–Crippen MR) is 86.0 cm³/mol. The van der Waals surface area contributed by atoms with Gasteiger partial charge in [0.05, 0.1) is 17.8 Å². The van der Waals surface area contributed by atoms with Crippen molar-refractivity contribution < 1.29 is 9.84 Å². The predicted octanol–water partition coefficient (Wildman–Crippen LogP) is 2.41. The van der Waals surface area contributed by atoms with Crippen LogP contribution in [0.1, 0.15) is 32.1 Å². The highest BCUT2D eigenvalue weighted by atomic mass is 16.5. The second-order valence-corrected chi connectivity index (χ2v) is 7.95. The molecule has 0 radical (unpaired) electrons. The first-order chi connectivity index (χ1) is 10.6. The zero-order valence-corrected chi connectivity index (χ0v) is 12.9. The maximum absolute atomic E-state index is 10.8. The van der Waals surface area contributed by atoms with Crippen molar-refractivity contribution in [1.82, 2.24) is 0 Å². The number of fused-ring (bicyclic) bond motifs is 1. The molecule has 118 valence electrons. The van der Waals surface area contributed by atoms with E-state index in [-0.39, 0.29) is 5.60 Å². The smallest absolute Gasteiger partial charge is 0.142 e. The Bertz CT molecular complexity index is 601. The number of hydrogen-bond donors (Lipinski definition) is 2. The van der Waals surface area contributed by atoms with Crippen LogP contribution in [0.3, 0.4) is 0 Å². The van der Waals surface area contributed by atoms with Gasteiger partial charge in [0.25, 0.3) is 0 Å². The Morgan fingerprint density at radius 1 is 1.18 bits per heavy atom. The summed E-state index contributed by atoms with van der Waals surface area (Å²) in [6.07, 6.45) is 5.59. The van der Waals surface area contributed by atoms with Crippen molar-refractivity contribution in [3.63, 3.8) is 0 Å². The molecular formula is C18H24N2O2. The van der Waals surface area contributed by atoms with Gasteiger partial charge in [0.15, 0.2) is 0 Å². The lowest BCUT2D eigenvalue weighted by Crippen LogP contribution is -2.62. The van der Waals surface area contributed by atoms with Gasteiger partial charge in [-0.25, -0.2) is 0 Å². The Morgan fingerprint density at radius 2 is 1.95 bits per heavy atom. The molecule has 4 nitrogen and oxygen atoms in total. The summed E-state index contributed by atoms with van der Waals surface area (Å²) in [6.45, 7) is 1.69. The van der Waals surface area contributed by atoms with Crippen LogP contribution in [-0.4, -0.2) is 29.9 Å². The van der Waals surface area contributed by atoms with Gasteiger partial charge in [0.2, 0.25) is 0 Å². The van der Waals surface area contributed by atoms with Crippen LogP contribution in [0.15, 0.2) is 18.2 Å². The maximum atomic E-state index is 10.8. The number of nitrogens with two attached hydrogens (primary N) is 1. The van der Waals surface area contributed by atoms with Gasteiger partial charge in [0, 0.05) is 11.7 Å². The summed E-state index contributed by atoms with van der Waals surface area (Å²) >= 11 is 0. The van der Waals surface area contributed by atoms with Crippen molar-refractivity contribution in [3.8, 4) is 5.75 Å². The molecule has 4 saturated carbocycles. The molecule has 1 aromatic carbocycles. The molecule has 4 aliphatic carbocycles. The Hall–Kier alpha value is -1.42. The molecule has 22 heavy (non-hydrogen) atoms. The Labute approximate surface area is 131 Å². The number of ether oxygens (including phenoxy) is 1. The molecule has 2 unspecified atom stereocenters. The van der Waals surface area contributed by atoms with Crippen molar-refractivity contribution in [2.45, 2.75) is 43.7 Å². The molecule has 0 spiro atoms. The van der Waals surface area contributed by atoms with Gasteiger partial charge in [-0.2, -0.15) is 0 Å². The summed E-state index contributed by atoms with van der Waals surface area (Å²) in [7, 11) is 0. The van der Waals surface area contributed by atoms with Crippen molar-refractivity contribution in [3.05, 3.63) is 18.2 Å². The minimum atomic E-state index is -0.363. The number of aliphatic hydroxyl groups is 1. The van der Waals surface area contributed by atoms with Crippen molar-refractivity contribution in [2.24, 2.45) is 17.8 Å². The summed E-state index contributed by atoms with van der Waals surface area (Å²) < 4.78 is 5.82. The number of hydrogen-bond acceptors (Lipinski definition) is 4. The maximum Gasteiger partial charge on any atom is 0.142 e. The SMILES string of the molecule is Nc1ccc2c(c1)N(C1C3CC4CC1CC(O)(C4)C3)CCO2. The van der Waals surface area contributed by atoms with Gasteiger partial charge >= 0.3 is 0 Å². The van der Waals surface area contributed by atoms with E-state index >= 15 is 0 Å². The molecule has 0 amide bonds. The Morgan fingerprint density at radius 3 is 2.68 bits per heavy atom. The molecular weight excluding hydrogens is 276 g/mol. The summed E-state index contributed by atoms with van der Waals surface area (Å²) in [5.41, 5.74) is 7.62. The molecule has 1 heterocycles. The molecule has 0 saturated heterocycles. The monoisotopic (exact) mass is 300 g/mol. The van der Waals surface area contributed by atoms with Crippen LogP contribution in [-0.2, 0) is 0 Å². The zero-order valence-electron chi connectivity index (χ0n) is 12.9. The molecule has 6 rings (SSSR count). The standard InChI is InChI=1S/C18H24N2O2/c19-14-1-2-16-15(7-14)20(3-4-22-16)17-12-5-11-6-13(17)10-18(21,8-11)9-12/h1-2,7,11-13,17,21H,3-6,8-10,19H2. The lowest BCUT2D eigenvalue weighted by atomic mass is 9.52. The highest BCUT2D eigenvalue weighted by Crippen LogP contribution is 2.58. The van der Waals surface area contributed by atoms with E-state index in [0.29, 0.717) is 17.9 Å². The second-order valence-electron chi connectivity index (χ2n) is 7.95. The van der Waals surface area contributed by atoms with Gasteiger partial charge < -0.3 is 20.5 Å². The summed E-state index contributed by atoms with van der Waals surface area (Å²) in [4.78, 5) is 2.55. The first-order valence-corrected chi connectivity index (χ1v) is 8.63. The van der Waals surface area contributed by atoms with Crippen LogP contribution >= 0.6 is 0 Å². The molecule has 2 atom stereocenters. The van der Waals surface area contributed by atoms with Gasteiger partial charge in [-0.1, -0.05) is 0 Å². The van der Waals surface area contributed by atoms with E-state index in [1.165, 1.54) is 12.8 Å². The fourth-order valence-corrected chi connectivity index (χ4v) is 6.03. The van der Waals surface area contributed by atoms with E-state index < -0.39 is 0 Å². The van der Waals surface area contributed by atoms with Crippen LogP contribution in [0.2, 0.25) is 0 Å². The third-order valence-electron chi connectivity index (χ3n) is 6.43. The van der Waals surface area contributed by atoms with Crippen LogP contribution in [0.25, 0.3) is 0 Å². The van der Waals surface area contributed by atoms with Crippen LogP contribution in [0.4, 0.5) is 11.4 Å². The fourth-order valence-electron chi connectivity index (χ4n) is 6.03. The van der Waals surface area contributed by atoms with Crippen LogP contribution in [0, 0.1) is 17.8 Å². The second kappa shape index (κ2) is 4.31. The molecule has 1 aliphatic heterocycles. The summed E-state index contributed by atoms with van der Waals surface area (Å²) in [5.74, 6) is 2.97. The number of benzene rings is 1. The van der Waals surface area contributed by atoms with Gasteiger partial charge in [-0.3, -0.25) is 0 Å². The average Bonchev–Trinajstić information content (AvgIpc) is 2.45. The molecule has 4 fully saturated rings. The minimum Gasteiger partial charge on any atom is -0.490 e. The first-order valence-electron chi connectivity index (χ1n) is 8.63. The summed E-state index contributed by atoms with van der Waals surface area (Å²) in [5, 5.41) is 10.8. The number of anilines is 2.